The maximum absolute atomic E-state index is 13.1. The quantitative estimate of drug-likeness (QED) is 0.449. The van der Waals surface area contributed by atoms with Crippen molar-refractivity contribution in [2.24, 2.45) is 0 Å². The molecule has 0 aliphatic carbocycles. The Kier molecular flexibility index (Phi) is 4.96. The van der Waals surface area contributed by atoms with E-state index in [2.05, 4.69) is 25.0 Å². The number of nitrogens with one attached hydrogen (secondary N) is 2. The topological polar surface area (TPSA) is 117 Å². The number of rotatable bonds is 6. The molecule has 4 aromatic rings. The summed E-state index contributed by atoms with van der Waals surface area (Å²) in [6.07, 6.45) is 4.63. The average molecular weight is 407 g/mol. The van der Waals surface area contributed by atoms with Gasteiger partial charge in [0.1, 0.15) is 22.9 Å². The molecule has 1 aromatic carbocycles. The average Bonchev–Trinajstić information content (AvgIpc) is 2.74. The summed E-state index contributed by atoms with van der Waals surface area (Å²) in [5.41, 5.74) is 0.581. The van der Waals surface area contributed by atoms with Crippen LogP contribution in [0, 0.1) is 0 Å². The lowest BCUT2D eigenvalue weighted by atomic mass is 10.1. The summed E-state index contributed by atoms with van der Waals surface area (Å²) in [5.74, 6) is 0.718. The summed E-state index contributed by atoms with van der Waals surface area (Å²) in [5, 5.41) is 14.0. The normalized spacial score (nSPS) is 11.3. The monoisotopic (exact) mass is 407 g/mol. The Labute approximate surface area is 167 Å². The molecule has 0 unspecified atom stereocenters. The molecule has 0 spiro atoms. The zero-order valence-corrected chi connectivity index (χ0v) is 16.0. The van der Waals surface area contributed by atoms with Gasteiger partial charge in [-0.15, -0.1) is 0 Å². The van der Waals surface area contributed by atoms with Gasteiger partial charge in [0, 0.05) is 36.1 Å². The van der Waals surface area contributed by atoms with Gasteiger partial charge < -0.3 is 10.4 Å². The number of anilines is 2. The van der Waals surface area contributed by atoms with Gasteiger partial charge in [0.05, 0.1) is 4.90 Å². The molecule has 0 aliphatic rings. The summed E-state index contributed by atoms with van der Waals surface area (Å²) in [6.45, 7) is 0.168. The first-order chi connectivity index (χ1) is 14.0. The van der Waals surface area contributed by atoms with E-state index >= 15 is 0 Å². The first-order valence-corrected chi connectivity index (χ1v) is 10.2. The molecule has 4 rings (SSSR count). The molecule has 0 aliphatic heterocycles. The smallest absolute Gasteiger partial charge is 0.263 e. The van der Waals surface area contributed by atoms with Crippen LogP contribution in [-0.2, 0) is 16.6 Å². The number of aromatic hydroxyl groups is 1. The third-order valence-electron chi connectivity index (χ3n) is 4.23. The zero-order chi connectivity index (χ0) is 20.3. The van der Waals surface area contributed by atoms with Gasteiger partial charge in [0.25, 0.3) is 10.0 Å². The lowest BCUT2D eigenvalue weighted by molar-refractivity contribution is 0.474. The fourth-order valence-corrected chi connectivity index (χ4v) is 4.13. The number of nitrogens with zero attached hydrogens (tertiary/aromatic N) is 3. The number of sulfonamides is 1. The van der Waals surface area contributed by atoms with Crippen LogP contribution in [0.1, 0.15) is 5.56 Å². The van der Waals surface area contributed by atoms with Gasteiger partial charge in [0.15, 0.2) is 0 Å². The van der Waals surface area contributed by atoms with Crippen LogP contribution in [-0.4, -0.2) is 28.5 Å². The van der Waals surface area contributed by atoms with E-state index in [1.807, 2.05) is 6.07 Å². The van der Waals surface area contributed by atoms with Crippen LogP contribution in [0.25, 0.3) is 10.9 Å². The predicted octanol–water partition coefficient (Wildman–Crippen LogP) is 3.14. The van der Waals surface area contributed by atoms with E-state index in [4.69, 9.17) is 0 Å². The van der Waals surface area contributed by atoms with E-state index < -0.39 is 10.0 Å². The summed E-state index contributed by atoms with van der Waals surface area (Å²) in [6, 6.07) is 15.0. The second kappa shape index (κ2) is 7.72. The Bertz CT molecular complexity index is 1250. The van der Waals surface area contributed by atoms with E-state index in [1.54, 1.807) is 48.7 Å². The van der Waals surface area contributed by atoms with Crippen LogP contribution in [0.2, 0.25) is 0 Å². The lowest BCUT2D eigenvalue weighted by Gasteiger charge is -2.14. The SMILES string of the molecule is O=S(=O)(Nc1ccccn1)c1cc(CNc2ccccn2)c(O)c2ncccc12. The Balaban J connectivity index is 1.77. The number of fused-ring (bicyclic) bond motifs is 1. The van der Waals surface area contributed by atoms with Crippen LogP contribution in [0.3, 0.4) is 0 Å². The third-order valence-corrected chi connectivity index (χ3v) is 5.62. The van der Waals surface area contributed by atoms with Gasteiger partial charge in [-0.1, -0.05) is 12.1 Å². The van der Waals surface area contributed by atoms with Crippen molar-refractivity contribution in [3.8, 4) is 5.75 Å². The number of aromatic nitrogens is 3. The van der Waals surface area contributed by atoms with Crippen molar-refractivity contribution in [2.45, 2.75) is 11.4 Å². The maximum Gasteiger partial charge on any atom is 0.263 e. The number of hydrogen-bond donors (Lipinski definition) is 3. The molecule has 3 heterocycles. The van der Waals surface area contributed by atoms with Crippen molar-refractivity contribution < 1.29 is 13.5 Å². The molecule has 0 saturated heterocycles. The summed E-state index contributed by atoms with van der Waals surface area (Å²) < 4.78 is 28.6. The predicted molar refractivity (Wildman–Crippen MR) is 110 cm³/mol. The van der Waals surface area contributed by atoms with Gasteiger partial charge in [-0.2, -0.15) is 0 Å². The first kappa shape index (κ1) is 18.6. The Hall–Kier alpha value is -3.72. The van der Waals surface area contributed by atoms with Crippen molar-refractivity contribution in [2.75, 3.05) is 10.0 Å². The zero-order valence-electron chi connectivity index (χ0n) is 15.1. The number of benzene rings is 1. The van der Waals surface area contributed by atoms with Crippen LogP contribution in [0.5, 0.6) is 5.75 Å². The Morgan fingerprint density at radius 2 is 1.55 bits per heavy atom. The van der Waals surface area contributed by atoms with Crippen molar-refractivity contribution >= 4 is 32.6 Å². The van der Waals surface area contributed by atoms with E-state index in [0.29, 0.717) is 16.8 Å². The number of phenols is 1. The van der Waals surface area contributed by atoms with Gasteiger partial charge in [-0.05, 0) is 42.5 Å². The summed E-state index contributed by atoms with van der Waals surface area (Å²) in [4.78, 5) is 12.4. The highest BCUT2D eigenvalue weighted by Crippen LogP contribution is 2.33. The molecular formula is C20H17N5O3S. The maximum atomic E-state index is 13.1. The van der Waals surface area contributed by atoms with E-state index in [0.717, 1.165) is 0 Å². The van der Waals surface area contributed by atoms with Crippen LogP contribution >= 0.6 is 0 Å². The molecule has 8 nitrogen and oxygen atoms in total. The molecular weight excluding hydrogens is 390 g/mol. The first-order valence-electron chi connectivity index (χ1n) is 8.73. The lowest BCUT2D eigenvalue weighted by Crippen LogP contribution is -2.15. The molecule has 0 fully saturated rings. The highest BCUT2D eigenvalue weighted by molar-refractivity contribution is 7.93. The molecule has 3 aromatic heterocycles. The minimum absolute atomic E-state index is 0.00174. The summed E-state index contributed by atoms with van der Waals surface area (Å²) >= 11 is 0. The molecule has 0 saturated carbocycles. The second-order valence-corrected chi connectivity index (χ2v) is 7.82. The van der Waals surface area contributed by atoms with E-state index in [9.17, 15) is 13.5 Å². The third kappa shape index (κ3) is 3.94. The fraction of sp³-hybridized carbons (Fsp3) is 0.0500. The fourth-order valence-electron chi connectivity index (χ4n) is 2.88. The molecule has 146 valence electrons. The Morgan fingerprint density at radius 3 is 2.24 bits per heavy atom. The molecule has 29 heavy (non-hydrogen) atoms. The van der Waals surface area contributed by atoms with Crippen molar-refractivity contribution in [3.63, 3.8) is 0 Å². The van der Waals surface area contributed by atoms with E-state index in [1.165, 1.54) is 18.5 Å². The second-order valence-electron chi connectivity index (χ2n) is 6.17. The largest absolute Gasteiger partial charge is 0.505 e. The number of pyridine rings is 3. The molecule has 0 radical (unpaired) electrons. The number of phenolic OH excluding ortho intramolecular Hbond substituents is 1. The van der Waals surface area contributed by atoms with Gasteiger partial charge in [-0.25, -0.2) is 18.4 Å². The van der Waals surface area contributed by atoms with Crippen LogP contribution < -0.4 is 10.0 Å². The minimum atomic E-state index is -3.97. The van der Waals surface area contributed by atoms with Gasteiger partial charge >= 0.3 is 0 Å². The van der Waals surface area contributed by atoms with Crippen LogP contribution in [0.15, 0.2) is 78.1 Å². The minimum Gasteiger partial charge on any atom is -0.505 e. The number of hydrogen-bond acceptors (Lipinski definition) is 7. The molecule has 0 atom stereocenters. The highest BCUT2D eigenvalue weighted by atomic mass is 32.2. The van der Waals surface area contributed by atoms with Crippen molar-refractivity contribution in [1.82, 2.24) is 15.0 Å². The molecule has 3 N–H and O–H groups in total. The van der Waals surface area contributed by atoms with Gasteiger partial charge in [-0.3, -0.25) is 9.71 Å². The highest BCUT2D eigenvalue weighted by Gasteiger charge is 2.22. The van der Waals surface area contributed by atoms with Crippen molar-refractivity contribution in [3.05, 3.63) is 78.8 Å². The Morgan fingerprint density at radius 1 is 0.862 bits per heavy atom. The standard InChI is InChI=1S/C20H17N5O3S/c26-20-14(13-24-17-7-1-3-9-21-17)12-16(15-6-5-11-23-19(15)20)29(27,28)25-18-8-2-4-10-22-18/h1-12,26H,13H2,(H,21,24)(H,22,25). The van der Waals surface area contributed by atoms with Crippen molar-refractivity contribution in [1.29, 1.82) is 0 Å². The van der Waals surface area contributed by atoms with E-state index in [-0.39, 0.29) is 28.5 Å². The van der Waals surface area contributed by atoms with Crippen LogP contribution in [0.4, 0.5) is 11.6 Å². The summed E-state index contributed by atoms with van der Waals surface area (Å²) in [7, 11) is -3.97. The molecule has 0 bridgehead atoms. The molecule has 0 amide bonds. The molecule has 9 heteroatoms. The van der Waals surface area contributed by atoms with Gasteiger partial charge in [0.2, 0.25) is 0 Å².